The number of fused-ring (bicyclic) bond motifs is 1. The van der Waals surface area contributed by atoms with Gasteiger partial charge in [0.15, 0.2) is 0 Å². The van der Waals surface area contributed by atoms with Crippen LogP contribution in [0.15, 0.2) is 48.5 Å². The van der Waals surface area contributed by atoms with Crippen LogP contribution < -0.4 is 16.0 Å². The fourth-order valence-electron chi connectivity index (χ4n) is 3.73. The standard InChI is InChI=1S/C23H23N3O2S/c1-14-15(2)29-23(20(14)21(24)27)25-22(28)17-7-9-19(10-8-17)26-12-11-16-5-3-4-6-18(16)13-26/h3-10H,11-13H2,1-2H3,(H2,24,27)(H,25,28). The molecule has 0 radical (unpaired) electrons. The molecule has 1 aromatic heterocycles. The normalized spacial score (nSPS) is 13.1. The Morgan fingerprint density at radius 3 is 2.41 bits per heavy atom. The fourth-order valence-corrected chi connectivity index (χ4v) is 4.79. The second kappa shape index (κ2) is 7.72. The van der Waals surface area contributed by atoms with Gasteiger partial charge in [0.25, 0.3) is 11.8 Å². The molecule has 0 atom stereocenters. The molecule has 3 N–H and O–H groups in total. The number of nitrogens with one attached hydrogen (secondary N) is 1. The van der Waals surface area contributed by atoms with E-state index < -0.39 is 5.91 Å². The number of aryl methyl sites for hydroxylation is 1. The molecule has 4 rings (SSSR count). The zero-order valence-electron chi connectivity index (χ0n) is 16.5. The van der Waals surface area contributed by atoms with E-state index in [1.807, 2.05) is 38.1 Å². The molecule has 1 aliphatic heterocycles. The molecule has 2 heterocycles. The number of amides is 2. The summed E-state index contributed by atoms with van der Waals surface area (Å²) in [7, 11) is 0. The highest BCUT2D eigenvalue weighted by Gasteiger charge is 2.20. The van der Waals surface area contributed by atoms with Gasteiger partial charge in [-0.2, -0.15) is 0 Å². The van der Waals surface area contributed by atoms with Crippen LogP contribution >= 0.6 is 11.3 Å². The van der Waals surface area contributed by atoms with Crippen molar-refractivity contribution in [3.8, 4) is 0 Å². The van der Waals surface area contributed by atoms with E-state index in [1.54, 1.807) is 0 Å². The van der Waals surface area contributed by atoms with Crippen LogP contribution in [-0.4, -0.2) is 18.4 Å². The largest absolute Gasteiger partial charge is 0.367 e. The second-order valence-electron chi connectivity index (χ2n) is 7.29. The number of hydrogen-bond acceptors (Lipinski definition) is 4. The average molecular weight is 406 g/mol. The molecule has 3 aromatic rings. The molecule has 2 aromatic carbocycles. The van der Waals surface area contributed by atoms with Gasteiger partial charge in [-0.3, -0.25) is 9.59 Å². The quantitative estimate of drug-likeness (QED) is 0.680. The minimum absolute atomic E-state index is 0.246. The number of thiophene rings is 1. The zero-order chi connectivity index (χ0) is 20.5. The van der Waals surface area contributed by atoms with Crippen LogP contribution in [0.4, 0.5) is 10.7 Å². The molecule has 6 heteroatoms. The molecule has 0 unspecified atom stereocenters. The average Bonchev–Trinajstić information content (AvgIpc) is 3.01. The fraction of sp³-hybridized carbons (Fsp3) is 0.217. The van der Waals surface area contributed by atoms with Crippen LogP contribution in [-0.2, 0) is 13.0 Å². The van der Waals surface area contributed by atoms with Crippen molar-refractivity contribution in [2.45, 2.75) is 26.8 Å². The Labute approximate surface area is 174 Å². The summed E-state index contributed by atoms with van der Waals surface area (Å²) < 4.78 is 0. The van der Waals surface area contributed by atoms with Gasteiger partial charge in [0.1, 0.15) is 5.00 Å². The molecule has 5 nitrogen and oxygen atoms in total. The molecule has 0 saturated heterocycles. The maximum Gasteiger partial charge on any atom is 0.256 e. The van der Waals surface area contributed by atoms with Crippen LogP contribution in [0.3, 0.4) is 0 Å². The van der Waals surface area contributed by atoms with Gasteiger partial charge in [-0.15, -0.1) is 11.3 Å². The maximum absolute atomic E-state index is 12.7. The number of primary amides is 1. The Morgan fingerprint density at radius 1 is 1.03 bits per heavy atom. The monoisotopic (exact) mass is 405 g/mol. The number of rotatable bonds is 4. The molecule has 0 spiro atoms. The lowest BCUT2D eigenvalue weighted by atomic mass is 9.99. The van der Waals surface area contributed by atoms with Gasteiger partial charge < -0.3 is 16.0 Å². The first-order valence-electron chi connectivity index (χ1n) is 9.57. The predicted octanol–water partition coefficient (Wildman–Crippen LogP) is 4.28. The highest BCUT2D eigenvalue weighted by molar-refractivity contribution is 7.16. The summed E-state index contributed by atoms with van der Waals surface area (Å²) in [6.45, 7) is 5.58. The lowest BCUT2D eigenvalue weighted by Gasteiger charge is -2.30. The van der Waals surface area contributed by atoms with Crippen molar-refractivity contribution in [3.05, 3.63) is 81.2 Å². The van der Waals surface area contributed by atoms with Crippen LogP contribution in [0, 0.1) is 13.8 Å². The third-order valence-electron chi connectivity index (χ3n) is 5.48. The van der Waals surface area contributed by atoms with E-state index in [0.717, 1.165) is 35.6 Å². The number of carbonyl (C=O) groups excluding carboxylic acids is 2. The Kier molecular flexibility index (Phi) is 5.11. The Morgan fingerprint density at radius 2 is 1.72 bits per heavy atom. The molecule has 0 aliphatic carbocycles. The van der Waals surface area contributed by atoms with Gasteiger partial charge in [0, 0.05) is 29.2 Å². The van der Waals surface area contributed by atoms with E-state index in [2.05, 4.69) is 34.5 Å². The van der Waals surface area contributed by atoms with E-state index in [1.165, 1.54) is 22.5 Å². The van der Waals surface area contributed by atoms with Gasteiger partial charge in [0.05, 0.1) is 5.56 Å². The van der Waals surface area contributed by atoms with Gasteiger partial charge in [0.2, 0.25) is 0 Å². The van der Waals surface area contributed by atoms with Crippen LogP contribution in [0.5, 0.6) is 0 Å². The summed E-state index contributed by atoms with van der Waals surface area (Å²) in [4.78, 5) is 27.7. The van der Waals surface area contributed by atoms with E-state index in [9.17, 15) is 9.59 Å². The smallest absolute Gasteiger partial charge is 0.256 e. The number of nitrogens with two attached hydrogens (primary N) is 1. The summed E-state index contributed by atoms with van der Waals surface area (Å²) in [5, 5.41) is 3.36. The third-order valence-corrected chi connectivity index (χ3v) is 6.61. The van der Waals surface area contributed by atoms with Crippen molar-refractivity contribution in [2.24, 2.45) is 5.73 Å². The van der Waals surface area contributed by atoms with Crippen LogP contribution in [0.25, 0.3) is 0 Å². The van der Waals surface area contributed by atoms with E-state index >= 15 is 0 Å². The predicted molar refractivity (Wildman–Crippen MR) is 118 cm³/mol. The maximum atomic E-state index is 12.7. The SMILES string of the molecule is Cc1sc(NC(=O)c2ccc(N3CCc4ccccc4C3)cc2)c(C(N)=O)c1C. The van der Waals surface area contributed by atoms with Crippen molar-refractivity contribution < 1.29 is 9.59 Å². The van der Waals surface area contributed by atoms with Crippen molar-refractivity contribution in [1.82, 2.24) is 0 Å². The van der Waals surface area contributed by atoms with Gasteiger partial charge in [-0.05, 0) is 61.2 Å². The Bertz CT molecular complexity index is 1090. The molecule has 1 aliphatic rings. The molecular weight excluding hydrogens is 382 g/mol. The third kappa shape index (κ3) is 3.76. The summed E-state index contributed by atoms with van der Waals surface area (Å²) in [6, 6.07) is 16.1. The first-order chi connectivity index (χ1) is 13.9. The molecule has 0 fully saturated rings. The van der Waals surface area contributed by atoms with E-state index in [-0.39, 0.29) is 5.91 Å². The van der Waals surface area contributed by atoms with E-state index in [4.69, 9.17) is 5.73 Å². The number of nitrogens with zero attached hydrogens (tertiary/aromatic N) is 1. The lowest BCUT2D eigenvalue weighted by molar-refractivity contribution is 0.100. The molecule has 29 heavy (non-hydrogen) atoms. The minimum atomic E-state index is -0.525. The van der Waals surface area contributed by atoms with Crippen molar-refractivity contribution in [1.29, 1.82) is 0 Å². The summed E-state index contributed by atoms with van der Waals surface area (Å²) in [6.07, 6.45) is 1.02. The number of hydrogen-bond donors (Lipinski definition) is 2. The van der Waals surface area contributed by atoms with Crippen LogP contribution in [0.1, 0.15) is 42.3 Å². The molecule has 0 saturated carbocycles. The van der Waals surface area contributed by atoms with Gasteiger partial charge in [-0.1, -0.05) is 24.3 Å². The number of benzene rings is 2. The Hall–Kier alpha value is -3.12. The summed E-state index contributed by atoms with van der Waals surface area (Å²) >= 11 is 1.37. The van der Waals surface area contributed by atoms with Crippen molar-refractivity contribution in [2.75, 3.05) is 16.8 Å². The second-order valence-corrected chi connectivity index (χ2v) is 8.52. The van der Waals surface area contributed by atoms with Gasteiger partial charge >= 0.3 is 0 Å². The van der Waals surface area contributed by atoms with Crippen molar-refractivity contribution in [3.63, 3.8) is 0 Å². The molecule has 148 valence electrons. The number of anilines is 2. The highest BCUT2D eigenvalue weighted by atomic mass is 32.1. The van der Waals surface area contributed by atoms with Gasteiger partial charge in [-0.25, -0.2) is 0 Å². The number of carbonyl (C=O) groups is 2. The summed E-state index contributed by atoms with van der Waals surface area (Å²) in [5.74, 6) is -0.771. The first kappa shape index (κ1) is 19.2. The first-order valence-corrected chi connectivity index (χ1v) is 10.4. The molecule has 0 bridgehead atoms. The highest BCUT2D eigenvalue weighted by Crippen LogP contribution is 2.32. The summed E-state index contributed by atoms with van der Waals surface area (Å²) in [5.41, 5.74) is 11.1. The molecule has 2 amide bonds. The molecular formula is C23H23N3O2S. The Balaban J connectivity index is 1.49. The van der Waals surface area contributed by atoms with E-state index in [0.29, 0.717) is 16.1 Å². The van der Waals surface area contributed by atoms with Crippen LogP contribution in [0.2, 0.25) is 0 Å². The zero-order valence-corrected chi connectivity index (χ0v) is 17.3. The minimum Gasteiger partial charge on any atom is -0.367 e. The van der Waals surface area contributed by atoms with Crippen molar-refractivity contribution >= 4 is 33.8 Å². The topological polar surface area (TPSA) is 75.4 Å². The lowest BCUT2D eigenvalue weighted by Crippen LogP contribution is -2.30.